The fourth-order valence-electron chi connectivity index (χ4n) is 2.18. The molecule has 1 aromatic heterocycles. The third kappa shape index (κ3) is 3.44. The number of aromatic nitrogens is 2. The van der Waals surface area contributed by atoms with Gasteiger partial charge in [-0.05, 0) is 24.3 Å². The van der Waals surface area contributed by atoms with Crippen molar-refractivity contribution in [1.29, 1.82) is 0 Å². The van der Waals surface area contributed by atoms with Crippen LogP contribution in [0.3, 0.4) is 0 Å². The van der Waals surface area contributed by atoms with Gasteiger partial charge in [0.1, 0.15) is 0 Å². The number of hydrogen-bond donors (Lipinski definition) is 2. The van der Waals surface area contributed by atoms with Crippen molar-refractivity contribution < 1.29 is 9.59 Å². The lowest BCUT2D eigenvalue weighted by atomic mass is 10.1. The van der Waals surface area contributed by atoms with Gasteiger partial charge in [-0.15, -0.1) is 0 Å². The van der Waals surface area contributed by atoms with E-state index >= 15 is 0 Å². The minimum absolute atomic E-state index is 0.186. The lowest BCUT2D eigenvalue weighted by Crippen LogP contribution is -2.16. The molecule has 2 aromatic carbocycles. The maximum Gasteiger partial charge on any atom is 0.258 e. The third-order valence-electron chi connectivity index (χ3n) is 3.36. The van der Waals surface area contributed by atoms with Crippen LogP contribution in [-0.4, -0.2) is 21.8 Å². The van der Waals surface area contributed by atoms with Crippen LogP contribution in [-0.2, 0) is 0 Å². The number of nitrogens with one attached hydrogen (secondary N) is 1. The fourth-order valence-corrected chi connectivity index (χ4v) is 2.18. The first kappa shape index (κ1) is 15.4. The molecule has 0 radical (unpaired) electrons. The number of hydrogen-bond acceptors (Lipinski definition) is 4. The van der Waals surface area contributed by atoms with Crippen LogP contribution in [0.5, 0.6) is 0 Å². The SMILES string of the molecule is NC(=O)c1cccc(C(=O)Nc2nccc(-c3ccccc3)n2)c1. The van der Waals surface area contributed by atoms with E-state index in [1.807, 2.05) is 30.3 Å². The highest BCUT2D eigenvalue weighted by atomic mass is 16.2. The first-order valence-electron chi connectivity index (χ1n) is 7.23. The van der Waals surface area contributed by atoms with Crippen molar-refractivity contribution in [2.24, 2.45) is 5.73 Å². The molecule has 1 heterocycles. The molecule has 0 unspecified atom stereocenters. The highest BCUT2D eigenvalue weighted by Crippen LogP contribution is 2.17. The van der Waals surface area contributed by atoms with Crippen LogP contribution in [0.2, 0.25) is 0 Å². The van der Waals surface area contributed by atoms with Crippen molar-refractivity contribution in [1.82, 2.24) is 9.97 Å². The predicted octanol–water partition coefficient (Wildman–Crippen LogP) is 2.49. The minimum atomic E-state index is -0.591. The fraction of sp³-hybridized carbons (Fsp3) is 0. The molecule has 118 valence electrons. The van der Waals surface area contributed by atoms with Crippen LogP contribution in [0.4, 0.5) is 5.95 Å². The number of rotatable bonds is 4. The Morgan fingerprint density at radius 1 is 0.917 bits per heavy atom. The molecule has 6 nitrogen and oxygen atoms in total. The molecule has 3 aromatic rings. The molecule has 3 N–H and O–H groups in total. The normalized spacial score (nSPS) is 10.2. The Morgan fingerprint density at radius 2 is 1.67 bits per heavy atom. The van der Waals surface area contributed by atoms with E-state index in [-0.39, 0.29) is 11.5 Å². The molecule has 6 heteroatoms. The number of nitrogens with zero attached hydrogens (tertiary/aromatic N) is 2. The van der Waals surface area contributed by atoms with Gasteiger partial charge in [-0.25, -0.2) is 9.97 Å². The number of nitrogens with two attached hydrogens (primary N) is 1. The molecule has 0 saturated carbocycles. The third-order valence-corrected chi connectivity index (χ3v) is 3.36. The maximum absolute atomic E-state index is 12.3. The number of primary amides is 1. The molecule has 0 bridgehead atoms. The largest absolute Gasteiger partial charge is 0.366 e. The zero-order valence-corrected chi connectivity index (χ0v) is 12.6. The average Bonchev–Trinajstić information content (AvgIpc) is 2.63. The first-order valence-corrected chi connectivity index (χ1v) is 7.23. The standard InChI is InChI=1S/C18H14N4O2/c19-16(23)13-7-4-8-14(11-13)17(24)22-18-20-10-9-15(21-18)12-5-2-1-3-6-12/h1-11H,(H2,19,23)(H,20,21,22,24). The summed E-state index contributed by atoms with van der Waals surface area (Å²) in [7, 11) is 0. The molecular formula is C18H14N4O2. The van der Waals surface area contributed by atoms with E-state index < -0.39 is 11.8 Å². The Kier molecular flexibility index (Phi) is 4.29. The molecule has 0 aliphatic rings. The van der Waals surface area contributed by atoms with Gasteiger partial charge in [0.15, 0.2) is 0 Å². The number of carbonyl (C=O) groups excluding carboxylic acids is 2. The molecule has 0 fully saturated rings. The second-order valence-corrected chi connectivity index (χ2v) is 5.03. The minimum Gasteiger partial charge on any atom is -0.366 e. The summed E-state index contributed by atoms with van der Waals surface area (Å²) in [5, 5.41) is 2.62. The van der Waals surface area contributed by atoms with Crippen molar-refractivity contribution in [2.75, 3.05) is 5.32 Å². The van der Waals surface area contributed by atoms with Gasteiger partial charge in [0.05, 0.1) is 5.69 Å². The molecule has 0 aliphatic carbocycles. The number of benzene rings is 2. The van der Waals surface area contributed by atoms with E-state index in [4.69, 9.17) is 5.73 Å². The van der Waals surface area contributed by atoms with Gasteiger partial charge in [0, 0.05) is 22.9 Å². The highest BCUT2D eigenvalue weighted by Gasteiger charge is 2.11. The van der Waals surface area contributed by atoms with Gasteiger partial charge >= 0.3 is 0 Å². The molecule has 0 aliphatic heterocycles. The topological polar surface area (TPSA) is 98.0 Å². The van der Waals surface area contributed by atoms with E-state index in [0.717, 1.165) is 5.56 Å². The Bertz CT molecular complexity index is 894. The molecular weight excluding hydrogens is 304 g/mol. The summed E-state index contributed by atoms with van der Waals surface area (Å²) in [6, 6.07) is 17.5. The van der Waals surface area contributed by atoms with Gasteiger partial charge in [-0.2, -0.15) is 0 Å². The number of carbonyl (C=O) groups is 2. The van der Waals surface area contributed by atoms with E-state index in [1.165, 1.54) is 6.07 Å². The van der Waals surface area contributed by atoms with E-state index in [1.54, 1.807) is 30.5 Å². The Hall–Kier alpha value is -3.54. The second-order valence-electron chi connectivity index (χ2n) is 5.03. The van der Waals surface area contributed by atoms with Gasteiger partial charge in [-0.1, -0.05) is 36.4 Å². The van der Waals surface area contributed by atoms with Crippen LogP contribution in [0.15, 0.2) is 66.9 Å². The molecule has 0 atom stereocenters. The predicted molar refractivity (Wildman–Crippen MR) is 90.4 cm³/mol. The smallest absolute Gasteiger partial charge is 0.258 e. The van der Waals surface area contributed by atoms with Gasteiger partial charge < -0.3 is 5.73 Å². The molecule has 24 heavy (non-hydrogen) atoms. The van der Waals surface area contributed by atoms with Crippen molar-refractivity contribution in [3.63, 3.8) is 0 Å². The summed E-state index contributed by atoms with van der Waals surface area (Å²) in [4.78, 5) is 31.9. The molecule has 0 saturated heterocycles. The van der Waals surface area contributed by atoms with Gasteiger partial charge in [0.25, 0.3) is 5.91 Å². The molecule has 2 amide bonds. The zero-order chi connectivity index (χ0) is 16.9. The van der Waals surface area contributed by atoms with E-state index in [9.17, 15) is 9.59 Å². The van der Waals surface area contributed by atoms with Crippen LogP contribution in [0.1, 0.15) is 20.7 Å². The summed E-state index contributed by atoms with van der Waals surface area (Å²) in [6.45, 7) is 0. The van der Waals surface area contributed by atoms with Crippen LogP contribution < -0.4 is 11.1 Å². The van der Waals surface area contributed by atoms with Crippen molar-refractivity contribution >= 4 is 17.8 Å². The second kappa shape index (κ2) is 6.70. The lowest BCUT2D eigenvalue weighted by molar-refractivity contribution is 0.1000. The van der Waals surface area contributed by atoms with Crippen LogP contribution in [0.25, 0.3) is 11.3 Å². The Balaban J connectivity index is 1.82. The van der Waals surface area contributed by atoms with Crippen molar-refractivity contribution in [2.45, 2.75) is 0 Å². The lowest BCUT2D eigenvalue weighted by Gasteiger charge is -2.06. The summed E-state index contributed by atoms with van der Waals surface area (Å²) >= 11 is 0. The Labute approximate surface area is 138 Å². The van der Waals surface area contributed by atoms with Crippen LogP contribution in [0, 0.1) is 0 Å². The quantitative estimate of drug-likeness (QED) is 0.772. The van der Waals surface area contributed by atoms with E-state index in [0.29, 0.717) is 11.3 Å². The molecule has 0 spiro atoms. The summed E-state index contributed by atoms with van der Waals surface area (Å²) in [5.74, 6) is -0.818. The summed E-state index contributed by atoms with van der Waals surface area (Å²) in [5.41, 5.74) is 7.42. The first-order chi connectivity index (χ1) is 11.6. The number of amides is 2. The van der Waals surface area contributed by atoms with Crippen molar-refractivity contribution in [3.8, 4) is 11.3 Å². The summed E-state index contributed by atoms with van der Waals surface area (Å²) in [6.07, 6.45) is 1.57. The van der Waals surface area contributed by atoms with E-state index in [2.05, 4.69) is 15.3 Å². The van der Waals surface area contributed by atoms with Gasteiger partial charge in [-0.3, -0.25) is 14.9 Å². The average molecular weight is 318 g/mol. The molecule has 3 rings (SSSR count). The maximum atomic E-state index is 12.3. The number of anilines is 1. The monoisotopic (exact) mass is 318 g/mol. The van der Waals surface area contributed by atoms with Gasteiger partial charge in [0.2, 0.25) is 11.9 Å². The van der Waals surface area contributed by atoms with Crippen molar-refractivity contribution in [3.05, 3.63) is 78.0 Å². The highest BCUT2D eigenvalue weighted by molar-refractivity contribution is 6.05. The Morgan fingerprint density at radius 3 is 2.42 bits per heavy atom. The summed E-state index contributed by atoms with van der Waals surface area (Å²) < 4.78 is 0. The zero-order valence-electron chi connectivity index (χ0n) is 12.6. The van der Waals surface area contributed by atoms with Crippen LogP contribution >= 0.6 is 0 Å².